The van der Waals surface area contributed by atoms with Gasteiger partial charge in [0, 0.05) is 17.1 Å². The molecule has 0 aromatic heterocycles. The van der Waals surface area contributed by atoms with E-state index in [0.717, 1.165) is 12.1 Å². The number of ether oxygens (including phenoxy) is 1. The first-order valence-corrected chi connectivity index (χ1v) is 8.97. The van der Waals surface area contributed by atoms with Gasteiger partial charge in [0.1, 0.15) is 12.4 Å². The van der Waals surface area contributed by atoms with Gasteiger partial charge in [-0.15, -0.1) is 0 Å². The molecule has 0 atom stereocenters. The molecule has 0 saturated carbocycles. The predicted octanol–water partition coefficient (Wildman–Crippen LogP) is 5.04. The largest absolute Gasteiger partial charge is 0.489 e. The molecule has 0 unspecified atom stereocenters. The van der Waals surface area contributed by atoms with E-state index in [0.29, 0.717) is 31.5 Å². The molecule has 0 amide bonds. The van der Waals surface area contributed by atoms with Gasteiger partial charge in [-0.1, -0.05) is 34.8 Å². The maximum absolute atomic E-state index is 6.16. The van der Waals surface area contributed by atoms with Gasteiger partial charge in [-0.2, -0.15) is 5.10 Å². The Morgan fingerprint density at radius 2 is 1.80 bits per heavy atom. The van der Waals surface area contributed by atoms with Crippen LogP contribution in [0, 0.1) is 0 Å². The normalized spacial score (nSPS) is 10.7. The molecule has 0 fully saturated rings. The molecule has 25 heavy (non-hydrogen) atoms. The van der Waals surface area contributed by atoms with Gasteiger partial charge in [0.15, 0.2) is 5.11 Å². The second kappa shape index (κ2) is 9.82. The zero-order valence-corrected chi connectivity index (χ0v) is 16.4. The molecule has 0 bridgehead atoms. The van der Waals surface area contributed by atoms with Crippen LogP contribution >= 0.6 is 47.0 Å². The Labute approximate surface area is 167 Å². The topological polar surface area (TPSA) is 45.7 Å². The minimum Gasteiger partial charge on any atom is -0.489 e. The number of nitrogens with one attached hydrogen (secondary N) is 2. The zero-order chi connectivity index (χ0) is 18.2. The summed E-state index contributed by atoms with van der Waals surface area (Å²) in [7, 11) is 0. The summed E-state index contributed by atoms with van der Waals surface area (Å²) in [5.74, 6) is 0.681. The van der Waals surface area contributed by atoms with Crippen molar-refractivity contribution < 1.29 is 4.74 Å². The number of hydrogen-bond donors (Lipinski definition) is 2. The van der Waals surface area contributed by atoms with E-state index in [2.05, 4.69) is 15.8 Å². The smallest absolute Gasteiger partial charge is 0.186 e. The Hall–Kier alpha value is -1.53. The summed E-state index contributed by atoms with van der Waals surface area (Å²) < 4.78 is 5.72. The Kier molecular flexibility index (Phi) is 7.78. The van der Waals surface area contributed by atoms with E-state index in [-0.39, 0.29) is 6.61 Å². The molecular weight excluding hydrogens is 401 g/mol. The van der Waals surface area contributed by atoms with Gasteiger partial charge in [-0.25, -0.2) is 0 Å². The highest BCUT2D eigenvalue weighted by Gasteiger charge is 2.10. The standard InChI is InChI=1S/C17H16Cl3N3OS/c1-2-21-17(25)23-22-9-11-3-5-12(6-4-11)24-10-13-14(18)7-8-15(19)16(13)20/h3-9H,2,10H2,1H3,(H2,21,23,25). The van der Waals surface area contributed by atoms with Gasteiger partial charge in [-0.3, -0.25) is 5.43 Å². The van der Waals surface area contributed by atoms with Crippen molar-refractivity contribution in [2.45, 2.75) is 13.5 Å². The monoisotopic (exact) mass is 415 g/mol. The molecule has 0 heterocycles. The molecular formula is C17H16Cl3N3OS. The first-order valence-electron chi connectivity index (χ1n) is 7.43. The molecule has 132 valence electrons. The van der Waals surface area contributed by atoms with Gasteiger partial charge in [0.2, 0.25) is 0 Å². The van der Waals surface area contributed by atoms with E-state index in [1.165, 1.54) is 0 Å². The third-order valence-corrected chi connectivity index (χ3v) is 4.55. The Balaban J connectivity index is 1.94. The Morgan fingerprint density at radius 3 is 2.48 bits per heavy atom. The van der Waals surface area contributed by atoms with Crippen LogP contribution in [-0.2, 0) is 6.61 Å². The van der Waals surface area contributed by atoms with Crippen molar-refractivity contribution in [2.75, 3.05) is 6.54 Å². The molecule has 0 saturated heterocycles. The molecule has 0 spiro atoms. The molecule has 4 nitrogen and oxygen atoms in total. The van der Waals surface area contributed by atoms with E-state index >= 15 is 0 Å². The molecule has 0 radical (unpaired) electrons. The number of halogens is 3. The average molecular weight is 417 g/mol. The molecule has 2 aromatic rings. The van der Waals surface area contributed by atoms with Crippen LogP contribution in [0.2, 0.25) is 15.1 Å². The molecule has 0 aliphatic rings. The summed E-state index contributed by atoms with van der Waals surface area (Å²) in [5.41, 5.74) is 4.28. The van der Waals surface area contributed by atoms with Crippen LogP contribution in [0.5, 0.6) is 5.75 Å². The Morgan fingerprint density at radius 1 is 1.12 bits per heavy atom. The van der Waals surface area contributed by atoms with Crippen LogP contribution in [-0.4, -0.2) is 17.9 Å². The minimum atomic E-state index is 0.226. The first-order chi connectivity index (χ1) is 12.0. The second-order valence-electron chi connectivity index (χ2n) is 4.91. The van der Waals surface area contributed by atoms with Crippen LogP contribution in [0.1, 0.15) is 18.1 Å². The lowest BCUT2D eigenvalue weighted by Crippen LogP contribution is -2.31. The number of rotatable bonds is 6. The second-order valence-corrected chi connectivity index (χ2v) is 6.51. The van der Waals surface area contributed by atoms with Crippen molar-refractivity contribution in [2.24, 2.45) is 5.10 Å². The van der Waals surface area contributed by atoms with Crippen LogP contribution in [0.3, 0.4) is 0 Å². The van der Waals surface area contributed by atoms with E-state index in [1.54, 1.807) is 18.3 Å². The third-order valence-electron chi connectivity index (χ3n) is 3.12. The van der Waals surface area contributed by atoms with Crippen molar-refractivity contribution in [3.8, 4) is 5.75 Å². The number of thiocarbonyl (C=S) groups is 1. The van der Waals surface area contributed by atoms with Crippen molar-refractivity contribution >= 4 is 58.3 Å². The molecule has 2 N–H and O–H groups in total. The highest BCUT2D eigenvalue weighted by molar-refractivity contribution is 7.80. The highest BCUT2D eigenvalue weighted by Crippen LogP contribution is 2.32. The van der Waals surface area contributed by atoms with Crippen molar-refractivity contribution in [1.82, 2.24) is 10.7 Å². The Bertz CT molecular complexity index is 766. The lowest BCUT2D eigenvalue weighted by atomic mass is 10.2. The first kappa shape index (κ1) is 19.8. The van der Waals surface area contributed by atoms with Crippen molar-refractivity contribution in [1.29, 1.82) is 0 Å². The van der Waals surface area contributed by atoms with Gasteiger partial charge >= 0.3 is 0 Å². The highest BCUT2D eigenvalue weighted by atomic mass is 35.5. The lowest BCUT2D eigenvalue weighted by molar-refractivity contribution is 0.306. The molecule has 8 heteroatoms. The van der Waals surface area contributed by atoms with E-state index in [4.69, 9.17) is 51.8 Å². The van der Waals surface area contributed by atoms with Gasteiger partial charge < -0.3 is 10.1 Å². The number of hydrogen-bond acceptors (Lipinski definition) is 3. The summed E-state index contributed by atoms with van der Waals surface area (Å²) in [6, 6.07) is 10.8. The van der Waals surface area contributed by atoms with E-state index < -0.39 is 0 Å². The number of nitrogens with zero attached hydrogens (tertiary/aromatic N) is 1. The van der Waals surface area contributed by atoms with Crippen LogP contribution in [0.4, 0.5) is 0 Å². The van der Waals surface area contributed by atoms with E-state index in [9.17, 15) is 0 Å². The summed E-state index contributed by atoms with van der Waals surface area (Å²) in [6.07, 6.45) is 1.66. The van der Waals surface area contributed by atoms with Crippen LogP contribution in [0.25, 0.3) is 0 Å². The quantitative estimate of drug-likeness (QED) is 0.299. The number of benzene rings is 2. The van der Waals surface area contributed by atoms with Crippen molar-refractivity contribution in [3.63, 3.8) is 0 Å². The number of hydrazone groups is 1. The average Bonchev–Trinajstić information content (AvgIpc) is 2.60. The molecule has 0 aliphatic heterocycles. The summed E-state index contributed by atoms with van der Waals surface area (Å²) in [5, 5.41) is 8.83. The predicted molar refractivity (Wildman–Crippen MR) is 109 cm³/mol. The fraction of sp³-hybridized carbons (Fsp3) is 0.176. The van der Waals surface area contributed by atoms with Gasteiger partial charge in [0.05, 0.1) is 16.3 Å². The minimum absolute atomic E-state index is 0.226. The summed E-state index contributed by atoms with van der Waals surface area (Å²) >= 11 is 23.3. The SMILES string of the molecule is CCNC(=S)NN=Cc1ccc(OCc2c(Cl)ccc(Cl)c2Cl)cc1. The fourth-order valence-electron chi connectivity index (χ4n) is 1.87. The maximum atomic E-state index is 6.16. The maximum Gasteiger partial charge on any atom is 0.186 e. The summed E-state index contributed by atoms with van der Waals surface area (Å²) in [4.78, 5) is 0. The zero-order valence-electron chi connectivity index (χ0n) is 13.4. The fourth-order valence-corrected chi connectivity index (χ4v) is 2.73. The lowest BCUT2D eigenvalue weighted by Gasteiger charge is -2.10. The van der Waals surface area contributed by atoms with Gasteiger partial charge in [-0.05, 0) is 61.1 Å². The third kappa shape index (κ3) is 6.04. The molecule has 2 aromatic carbocycles. The van der Waals surface area contributed by atoms with E-state index in [1.807, 2.05) is 31.2 Å². The van der Waals surface area contributed by atoms with Crippen LogP contribution < -0.4 is 15.5 Å². The van der Waals surface area contributed by atoms with Gasteiger partial charge in [0.25, 0.3) is 0 Å². The molecule has 2 rings (SSSR count). The molecule has 0 aliphatic carbocycles. The van der Waals surface area contributed by atoms with Crippen LogP contribution in [0.15, 0.2) is 41.5 Å². The van der Waals surface area contributed by atoms with Crippen molar-refractivity contribution in [3.05, 3.63) is 62.6 Å². The summed E-state index contributed by atoms with van der Waals surface area (Å²) in [6.45, 7) is 2.93.